The molecule has 0 heterocycles. The Kier molecular flexibility index (Phi) is 6.93. The Balaban J connectivity index is 2.32. The number of anilines is 1. The molecule has 1 unspecified atom stereocenters. The molecular weight excluding hydrogens is 356 g/mol. The number of hydrogen-bond donors (Lipinski definition) is 1. The van der Waals surface area contributed by atoms with E-state index in [2.05, 4.69) is 79.8 Å². The average molecular weight is 395 g/mol. The van der Waals surface area contributed by atoms with Gasteiger partial charge in [0.25, 0.3) is 0 Å². The van der Waals surface area contributed by atoms with E-state index in [0.717, 1.165) is 34.7 Å². The fourth-order valence-electron chi connectivity index (χ4n) is 3.62. The summed E-state index contributed by atoms with van der Waals surface area (Å²) in [5, 5.41) is 3.55. The summed E-state index contributed by atoms with van der Waals surface area (Å²) in [5.74, 6) is 0.812. The van der Waals surface area contributed by atoms with Gasteiger partial charge in [0.2, 0.25) is 0 Å². The molecular formula is C26H38N2O. The second kappa shape index (κ2) is 8.69. The summed E-state index contributed by atoms with van der Waals surface area (Å²) in [6.45, 7) is 19.2. The van der Waals surface area contributed by atoms with Gasteiger partial charge in [-0.2, -0.15) is 0 Å². The van der Waals surface area contributed by atoms with Gasteiger partial charge >= 0.3 is 0 Å². The van der Waals surface area contributed by atoms with E-state index >= 15 is 0 Å². The minimum atomic E-state index is -0.219. The molecule has 3 nitrogen and oxygen atoms in total. The van der Waals surface area contributed by atoms with Crippen LogP contribution in [0.4, 0.5) is 11.4 Å². The molecule has 0 amide bonds. The molecule has 3 heteroatoms. The van der Waals surface area contributed by atoms with Gasteiger partial charge in [-0.25, -0.2) is 4.99 Å². The molecule has 2 rings (SSSR count). The number of Topliss-reactive ketones (excluding diaryl/α,β-unsaturated/α-hetero) is 1. The van der Waals surface area contributed by atoms with Crippen molar-refractivity contribution in [2.45, 2.75) is 74.8 Å². The topological polar surface area (TPSA) is 41.5 Å². The lowest BCUT2D eigenvalue weighted by Crippen LogP contribution is -2.29. The molecule has 1 atom stereocenters. The van der Waals surface area contributed by atoms with Crippen LogP contribution in [0.15, 0.2) is 52.6 Å². The molecule has 1 aliphatic carbocycles. The highest BCUT2D eigenvalue weighted by Gasteiger charge is 2.34. The van der Waals surface area contributed by atoms with Gasteiger partial charge in [0.05, 0.1) is 11.4 Å². The number of nitrogens with one attached hydrogen (secondary N) is 1. The summed E-state index contributed by atoms with van der Waals surface area (Å²) in [4.78, 5) is 17.9. The molecule has 158 valence electrons. The van der Waals surface area contributed by atoms with Gasteiger partial charge in [-0.1, -0.05) is 55.4 Å². The number of nitrogens with zero attached hydrogens (tertiary/aromatic N) is 1. The van der Waals surface area contributed by atoms with Crippen molar-refractivity contribution in [2.24, 2.45) is 21.7 Å². The third kappa shape index (κ3) is 6.42. The maximum Gasteiger partial charge on any atom is 0.186 e. The summed E-state index contributed by atoms with van der Waals surface area (Å²) < 4.78 is 0. The Labute approximate surface area is 177 Å². The van der Waals surface area contributed by atoms with Gasteiger partial charge in [-0.3, -0.25) is 4.79 Å². The molecule has 0 aliphatic heterocycles. The van der Waals surface area contributed by atoms with Gasteiger partial charge in [0.15, 0.2) is 5.78 Å². The summed E-state index contributed by atoms with van der Waals surface area (Å²) in [6, 6.07) is 8.65. The zero-order valence-electron chi connectivity index (χ0n) is 19.7. The van der Waals surface area contributed by atoms with Crippen molar-refractivity contribution in [1.82, 2.24) is 0 Å². The first-order valence-corrected chi connectivity index (χ1v) is 10.7. The highest BCUT2D eigenvalue weighted by molar-refractivity contribution is 6.23. The normalized spacial score (nSPS) is 16.5. The van der Waals surface area contributed by atoms with Crippen LogP contribution < -0.4 is 5.32 Å². The van der Waals surface area contributed by atoms with Crippen molar-refractivity contribution >= 4 is 22.9 Å². The molecule has 0 fully saturated rings. The van der Waals surface area contributed by atoms with E-state index in [4.69, 9.17) is 4.99 Å². The zero-order chi connectivity index (χ0) is 22.0. The molecule has 29 heavy (non-hydrogen) atoms. The average Bonchev–Trinajstić information content (AvgIpc) is 2.55. The number of rotatable bonds is 5. The molecule has 0 radical (unpaired) electrons. The van der Waals surface area contributed by atoms with Crippen molar-refractivity contribution < 1.29 is 4.79 Å². The van der Waals surface area contributed by atoms with Crippen molar-refractivity contribution in [2.75, 3.05) is 5.32 Å². The fourth-order valence-corrected chi connectivity index (χ4v) is 3.62. The number of carbonyl (C=O) groups is 1. The van der Waals surface area contributed by atoms with Gasteiger partial charge in [-0.05, 0) is 66.5 Å². The van der Waals surface area contributed by atoms with E-state index in [0.29, 0.717) is 12.0 Å². The van der Waals surface area contributed by atoms with Crippen LogP contribution in [0.5, 0.6) is 0 Å². The Bertz CT molecular complexity index is 789. The monoisotopic (exact) mass is 394 g/mol. The largest absolute Gasteiger partial charge is 0.383 e. The molecule has 1 aromatic carbocycles. The fraction of sp³-hybridized carbons (Fsp3) is 0.538. The zero-order valence-corrected chi connectivity index (χ0v) is 19.7. The first-order valence-electron chi connectivity index (χ1n) is 10.7. The third-order valence-electron chi connectivity index (χ3n) is 5.05. The number of benzene rings is 1. The number of allylic oxidation sites excluding steroid dienone is 4. The number of hydrogen-bond acceptors (Lipinski definition) is 3. The second-order valence-electron chi connectivity index (χ2n) is 10.7. The van der Waals surface area contributed by atoms with Crippen molar-refractivity contribution in [1.29, 1.82) is 0 Å². The molecule has 0 saturated heterocycles. The minimum absolute atomic E-state index is 0.141. The molecule has 0 aromatic heterocycles. The van der Waals surface area contributed by atoms with Gasteiger partial charge < -0.3 is 5.32 Å². The number of carbonyl (C=O) groups excluding carboxylic acids is 1. The molecule has 0 bridgehead atoms. The maximum atomic E-state index is 13.0. The first-order chi connectivity index (χ1) is 13.3. The van der Waals surface area contributed by atoms with Gasteiger partial charge in [0.1, 0.15) is 0 Å². The Morgan fingerprint density at radius 3 is 1.76 bits per heavy atom. The van der Waals surface area contributed by atoms with Crippen molar-refractivity contribution in [3.05, 3.63) is 47.6 Å². The summed E-state index contributed by atoms with van der Waals surface area (Å²) in [7, 11) is 0. The van der Waals surface area contributed by atoms with E-state index in [1.165, 1.54) is 0 Å². The molecule has 0 spiro atoms. The first kappa shape index (κ1) is 23.1. The lowest BCUT2D eigenvalue weighted by Gasteiger charge is -2.31. The second-order valence-corrected chi connectivity index (χ2v) is 10.7. The SMILES string of the molecule is CC(C)CC(C)Nc1ccc(N=C2C=C(C(C)(C)C)C(=O)C(C(C)(C)C)=C2)cc1. The quantitative estimate of drug-likeness (QED) is 0.539. The molecule has 1 aliphatic rings. The van der Waals surface area contributed by atoms with Gasteiger partial charge in [0, 0.05) is 22.9 Å². The summed E-state index contributed by atoms with van der Waals surface area (Å²) in [5.41, 5.74) is 4.05. The third-order valence-corrected chi connectivity index (χ3v) is 5.05. The van der Waals surface area contributed by atoms with Crippen LogP contribution in [0, 0.1) is 16.7 Å². The Hall–Kier alpha value is -2.16. The molecule has 1 N–H and O–H groups in total. The maximum absolute atomic E-state index is 13.0. The van der Waals surface area contributed by atoms with E-state index in [-0.39, 0.29) is 16.6 Å². The van der Waals surface area contributed by atoms with E-state index in [9.17, 15) is 4.79 Å². The van der Waals surface area contributed by atoms with E-state index in [1.807, 2.05) is 24.3 Å². The van der Waals surface area contributed by atoms with Gasteiger partial charge in [-0.15, -0.1) is 0 Å². The van der Waals surface area contributed by atoms with Crippen LogP contribution in [0.2, 0.25) is 0 Å². The Morgan fingerprint density at radius 1 is 0.862 bits per heavy atom. The highest BCUT2D eigenvalue weighted by atomic mass is 16.1. The number of ketones is 1. The lowest BCUT2D eigenvalue weighted by atomic mass is 9.72. The van der Waals surface area contributed by atoms with Crippen LogP contribution in [0.1, 0.15) is 68.7 Å². The predicted molar refractivity (Wildman–Crippen MR) is 126 cm³/mol. The van der Waals surface area contributed by atoms with Crippen molar-refractivity contribution in [3.63, 3.8) is 0 Å². The van der Waals surface area contributed by atoms with Crippen LogP contribution >= 0.6 is 0 Å². The highest BCUT2D eigenvalue weighted by Crippen LogP contribution is 2.37. The standard InChI is InChI=1S/C26H38N2O/c1-17(2)14-18(3)27-19-10-12-20(13-11-19)28-21-15-22(25(4,5)6)24(29)23(16-21)26(7,8)9/h10-13,15-18,27H,14H2,1-9H3. The van der Waals surface area contributed by atoms with E-state index in [1.54, 1.807) is 0 Å². The van der Waals surface area contributed by atoms with E-state index < -0.39 is 0 Å². The van der Waals surface area contributed by atoms with Crippen LogP contribution in [0.3, 0.4) is 0 Å². The smallest absolute Gasteiger partial charge is 0.186 e. The lowest BCUT2D eigenvalue weighted by molar-refractivity contribution is -0.114. The molecule has 0 saturated carbocycles. The minimum Gasteiger partial charge on any atom is -0.383 e. The van der Waals surface area contributed by atoms with Crippen LogP contribution in [-0.4, -0.2) is 17.5 Å². The van der Waals surface area contributed by atoms with Crippen LogP contribution in [-0.2, 0) is 4.79 Å². The number of aliphatic imine (C=N–C) groups is 1. The Morgan fingerprint density at radius 2 is 1.34 bits per heavy atom. The summed E-state index contributed by atoms with van der Waals surface area (Å²) in [6.07, 6.45) is 5.04. The van der Waals surface area contributed by atoms with Crippen LogP contribution in [0.25, 0.3) is 0 Å². The summed E-state index contributed by atoms with van der Waals surface area (Å²) >= 11 is 0. The van der Waals surface area contributed by atoms with Crippen molar-refractivity contribution in [3.8, 4) is 0 Å². The molecule has 1 aromatic rings. The predicted octanol–water partition coefficient (Wildman–Crippen LogP) is 7.13.